The van der Waals surface area contributed by atoms with E-state index in [2.05, 4.69) is 0 Å². The predicted molar refractivity (Wildman–Crippen MR) is 132 cm³/mol. The van der Waals surface area contributed by atoms with Crippen molar-refractivity contribution in [2.45, 2.75) is 6.61 Å². The molecule has 0 atom stereocenters. The average molecular weight is 508 g/mol. The fourth-order valence-electron chi connectivity index (χ4n) is 3.09. The highest BCUT2D eigenvalue weighted by Gasteiger charge is 2.12. The molecule has 3 rings (SSSR count). The lowest BCUT2D eigenvalue weighted by Gasteiger charge is -2.13. The lowest BCUT2D eigenvalue weighted by molar-refractivity contribution is 0.104. The van der Waals surface area contributed by atoms with Gasteiger partial charge in [-0.1, -0.05) is 46.9 Å². The molecule has 0 aliphatic rings. The molecule has 8 heteroatoms. The number of halogens is 3. The van der Waals surface area contributed by atoms with E-state index in [-0.39, 0.29) is 12.4 Å². The molecule has 3 aromatic rings. The van der Waals surface area contributed by atoms with E-state index in [1.165, 1.54) is 13.2 Å². The highest BCUT2D eigenvalue weighted by molar-refractivity contribution is 6.40. The summed E-state index contributed by atoms with van der Waals surface area (Å²) < 4.78 is 21.7. The third kappa shape index (κ3) is 6.14. The van der Waals surface area contributed by atoms with E-state index in [0.29, 0.717) is 43.6 Å². The number of ether oxygens (including phenoxy) is 4. The first-order valence-corrected chi connectivity index (χ1v) is 10.9. The number of hydrogen-bond donors (Lipinski definition) is 0. The van der Waals surface area contributed by atoms with Crippen LogP contribution in [0.5, 0.6) is 23.0 Å². The Morgan fingerprint density at radius 2 is 1.45 bits per heavy atom. The standard InChI is InChI=1S/C25H21Cl3O5/c1-30-22-8-5-15(4-7-21(29)16-6-9-23(31-2)24(11-16)32-3)10-17(22)14-33-25-19(27)12-18(26)13-20(25)28/h4-13H,14H2,1-3H3/b7-4+. The van der Waals surface area contributed by atoms with Crippen molar-refractivity contribution in [1.29, 1.82) is 0 Å². The van der Waals surface area contributed by atoms with Gasteiger partial charge in [0, 0.05) is 16.1 Å². The molecule has 0 heterocycles. The van der Waals surface area contributed by atoms with Crippen LogP contribution in [0, 0.1) is 0 Å². The van der Waals surface area contributed by atoms with Crippen molar-refractivity contribution in [2.24, 2.45) is 0 Å². The maximum Gasteiger partial charge on any atom is 0.185 e. The van der Waals surface area contributed by atoms with Gasteiger partial charge in [-0.25, -0.2) is 0 Å². The molecule has 0 spiro atoms. The van der Waals surface area contributed by atoms with Crippen LogP contribution in [0.25, 0.3) is 6.08 Å². The number of methoxy groups -OCH3 is 3. The maximum absolute atomic E-state index is 12.6. The summed E-state index contributed by atoms with van der Waals surface area (Å²) in [6.07, 6.45) is 3.20. The zero-order valence-corrected chi connectivity index (χ0v) is 20.4. The third-order valence-corrected chi connectivity index (χ3v) is 5.51. The van der Waals surface area contributed by atoms with Crippen molar-refractivity contribution >= 4 is 46.7 Å². The molecule has 3 aromatic carbocycles. The van der Waals surface area contributed by atoms with Crippen LogP contribution in [0.1, 0.15) is 21.5 Å². The second kappa shape index (κ2) is 11.3. The minimum Gasteiger partial charge on any atom is -0.496 e. The molecule has 172 valence electrons. The average Bonchev–Trinajstić information content (AvgIpc) is 2.81. The second-order valence-corrected chi connectivity index (χ2v) is 8.08. The largest absolute Gasteiger partial charge is 0.496 e. The molecule has 33 heavy (non-hydrogen) atoms. The Labute approximate surface area is 207 Å². The van der Waals surface area contributed by atoms with E-state index >= 15 is 0 Å². The normalized spacial score (nSPS) is 10.8. The summed E-state index contributed by atoms with van der Waals surface area (Å²) in [5.41, 5.74) is 2.02. The fourth-order valence-corrected chi connectivity index (χ4v) is 4.02. The molecule has 0 saturated heterocycles. The van der Waals surface area contributed by atoms with Gasteiger partial charge in [0.2, 0.25) is 0 Å². The molecule has 0 N–H and O–H groups in total. The van der Waals surface area contributed by atoms with Gasteiger partial charge < -0.3 is 18.9 Å². The first kappa shape index (κ1) is 24.8. The molecule has 5 nitrogen and oxygen atoms in total. The van der Waals surface area contributed by atoms with Crippen LogP contribution < -0.4 is 18.9 Å². The van der Waals surface area contributed by atoms with Gasteiger partial charge in [0.25, 0.3) is 0 Å². The molecular weight excluding hydrogens is 487 g/mol. The molecular formula is C25H21Cl3O5. The summed E-state index contributed by atoms with van der Waals surface area (Å²) >= 11 is 18.3. The highest BCUT2D eigenvalue weighted by atomic mass is 35.5. The number of ketones is 1. The van der Waals surface area contributed by atoms with Crippen LogP contribution in [0.15, 0.2) is 54.6 Å². The van der Waals surface area contributed by atoms with Crippen LogP contribution in [0.3, 0.4) is 0 Å². The Morgan fingerprint density at radius 1 is 0.818 bits per heavy atom. The first-order valence-electron chi connectivity index (χ1n) is 9.75. The molecule has 0 amide bonds. The van der Waals surface area contributed by atoms with E-state index < -0.39 is 0 Å². The fraction of sp³-hybridized carbons (Fsp3) is 0.160. The lowest BCUT2D eigenvalue weighted by atomic mass is 10.1. The smallest absolute Gasteiger partial charge is 0.185 e. The Kier molecular flexibility index (Phi) is 8.50. The Balaban J connectivity index is 1.79. The highest BCUT2D eigenvalue weighted by Crippen LogP contribution is 2.37. The van der Waals surface area contributed by atoms with Crippen molar-refractivity contribution in [1.82, 2.24) is 0 Å². The number of benzene rings is 3. The van der Waals surface area contributed by atoms with Crippen LogP contribution in [-0.2, 0) is 6.61 Å². The summed E-state index contributed by atoms with van der Waals surface area (Å²) in [5, 5.41) is 1.03. The van der Waals surface area contributed by atoms with E-state index in [1.807, 2.05) is 12.1 Å². The van der Waals surface area contributed by atoms with Gasteiger partial charge in [0.15, 0.2) is 23.0 Å². The second-order valence-electron chi connectivity index (χ2n) is 6.83. The van der Waals surface area contributed by atoms with Crippen molar-refractivity contribution in [3.63, 3.8) is 0 Å². The molecule has 0 saturated carbocycles. The van der Waals surface area contributed by atoms with Crippen LogP contribution in [0.2, 0.25) is 15.1 Å². The Hall–Kier alpha value is -2.86. The predicted octanol–water partition coefficient (Wildman–Crippen LogP) is 7.15. The van der Waals surface area contributed by atoms with Gasteiger partial charge >= 0.3 is 0 Å². The number of carbonyl (C=O) groups is 1. The van der Waals surface area contributed by atoms with Crippen LogP contribution in [0.4, 0.5) is 0 Å². The zero-order valence-electron chi connectivity index (χ0n) is 18.2. The topological polar surface area (TPSA) is 54.0 Å². The summed E-state index contributed by atoms with van der Waals surface area (Å²) in [6.45, 7) is 0.148. The zero-order chi connectivity index (χ0) is 24.0. The summed E-state index contributed by atoms with van der Waals surface area (Å²) in [7, 11) is 4.63. The van der Waals surface area contributed by atoms with E-state index in [0.717, 1.165) is 11.1 Å². The van der Waals surface area contributed by atoms with Crippen molar-refractivity contribution in [3.8, 4) is 23.0 Å². The van der Waals surface area contributed by atoms with Gasteiger partial charge in [0.05, 0.1) is 31.4 Å². The monoisotopic (exact) mass is 506 g/mol. The van der Waals surface area contributed by atoms with Crippen molar-refractivity contribution in [3.05, 3.63) is 86.4 Å². The molecule has 0 aromatic heterocycles. The lowest BCUT2D eigenvalue weighted by Crippen LogP contribution is -2.00. The molecule has 0 aliphatic heterocycles. The van der Waals surface area contributed by atoms with Gasteiger partial charge in [-0.3, -0.25) is 4.79 Å². The summed E-state index contributed by atoms with van der Waals surface area (Å²) in [5.74, 6) is 1.82. The summed E-state index contributed by atoms with van der Waals surface area (Å²) in [4.78, 5) is 12.6. The third-order valence-electron chi connectivity index (χ3n) is 4.73. The van der Waals surface area contributed by atoms with Crippen molar-refractivity contribution in [2.75, 3.05) is 21.3 Å². The SMILES string of the molecule is COc1ccc(/C=C/C(=O)c2ccc(OC)c(OC)c2)cc1COc1c(Cl)cc(Cl)cc1Cl. The number of hydrogen-bond acceptors (Lipinski definition) is 5. The molecule has 0 fully saturated rings. The van der Waals surface area contributed by atoms with E-state index in [9.17, 15) is 4.79 Å². The number of carbonyl (C=O) groups excluding carboxylic acids is 1. The molecule has 0 radical (unpaired) electrons. The summed E-state index contributed by atoms with van der Waals surface area (Å²) in [6, 6.07) is 13.6. The minimum atomic E-state index is -0.177. The van der Waals surface area contributed by atoms with Gasteiger partial charge in [-0.2, -0.15) is 0 Å². The molecule has 0 aliphatic carbocycles. The maximum atomic E-state index is 12.6. The molecule has 0 bridgehead atoms. The Morgan fingerprint density at radius 3 is 2.09 bits per heavy atom. The minimum absolute atomic E-state index is 0.148. The van der Waals surface area contributed by atoms with Crippen LogP contribution in [-0.4, -0.2) is 27.1 Å². The number of allylic oxidation sites excluding steroid dienone is 1. The molecule has 0 unspecified atom stereocenters. The van der Waals surface area contributed by atoms with Gasteiger partial charge in [-0.15, -0.1) is 0 Å². The first-order chi connectivity index (χ1) is 15.9. The van der Waals surface area contributed by atoms with Gasteiger partial charge in [0.1, 0.15) is 12.4 Å². The van der Waals surface area contributed by atoms with Gasteiger partial charge in [-0.05, 0) is 54.1 Å². The van der Waals surface area contributed by atoms with E-state index in [1.54, 1.807) is 56.7 Å². The number of rotatable bonds is 9. The van der Waals surface area contributed by atoms with Crippen LogP contribution >= 0.6 is 34.8 Å². The van der Waals surface area contributed by atoms with E-state index in [4.69, 9.17) is 53.8 Å². The quantitative estimate of drug-likeness (QED) is 0.227. The Bertz CT molecular complexity index is 1170. The van der Waals surface area contributed by atoms with Crippen molar-refractivity contribution < 1.29 is 23.7 Å².